The van der Waals surface area contributed by atoms with Crippen LogP contribution in [0.3, 0.4) is 0 Å². The van der Waals surface area contributed by atoms with E-state index in [0.29, 0.717) is 12.6 Å². The number of aromatic nitrogens is 3. The lowest BCUT2D eigenvalue weighted by molar-refractivity contribution is -0.137. The third-order valence-corrected chi connectivity index (χ3v) is 3.68. The number of alkyl halides is 3. The molecule has 1 fully saturated rings. The molecule has 1 saturated heterocycles. The topological polar surface area (TPSA) is 91.2 Å². The molecule has 1 amide bonds. The Balaban J connectivity index is 2.03. The van der Waals surface area contributed by atoms with Crippen LogP contribution in [0, 0.1) is 0 Å². The number of likely N-dealkylation sites (tertiary alicyclic amines) is 1. The van der Waals surface area contributed by atoms with Gasteiger partial charge in [0.25, 0.3) is 0 Å². The number of H-pyrrole nitrogens is 1. The average Bonchev–Trinajstić information content (AvgIpc) is 2.99. The van der Waals surface area contributed by atoms with Gasteiger partial charge >= 0.3 is 18.0 Å². The van der Waals surface area contributed by atoms with Gasteiger partial charge in [0.05, 0.1) is 17.1 Å². The molecule has 7 nitrogen and oxygen atoms in total. The van der Waals surface area contributed by atoms with Crippen LogP contribution in [0.15, 0.2) is 17.1 Å². The van der Waals surface area contributed by atoms with Gasteiger partial charge in [0.1, 0.15) is 0 Å². The molecule has 22 heavy (non-hydrogen) atoms. The summed E-state index contributed by atoms with van der Waals surface area (Å²) in [6, 6.07) is 0.381. The number of fused-ring (bicyclic) bond motifs is 1. The fourth-order valence-electron chi connectivity index (χ4n) is 2.63. The number of aromatic amines is 1. The Hall–Kier alpha value is -2.52. The molecule has 1 aliphatic rings. The highest BCUT2D eigenvalue weighted by Gasteiger charge is 2.33. The molecule has 2 aromatic rings. The summed E-state index contributed by atoms with van der Waals surface area (Å²) in [6.45, 7) is 0.366. The summed E-state index contributed by atoms with van der Waals surface area (Å²) in [5, 5.41) is 8.93. The van der Waals surface area contributed by atoms with E-state index in [0.717, 1.165) is 11.0 Å². The largest absolute Gasteiger partial charge is 0.465 e. The highest BCUT2D eigenvalue weighted by molar-refractivity contribution is 5.71. The normalized spacial score (nSPS) is 19.0. The Morgan fingerprint density at radius 2 is 2.18 bits per heavy atom. The van der Waals surface area contributed by atoms with E-state index < -0.39 is 29.6 Å². The Kier molecular flexibility index (Phi) is 3.11. The summed E-state index contributed by atoms with van der Waals surface area (Å²) in [4.78, 5) is 30.1. The number of imidazole rings is 1. The number of hydrogen-bond donors (Lipinski definition) is 2. The van der Waals surface area contributed by atoms with E-state index in [-0.39, 0.29) is 24.3 Å². The van der Waals surface area contributed by atoms with Crippen molar-refractivity contribution in [3.8, 4) is 0 Å². The van der Waals surface area contributed by atoms with Crippen molar-refractivity contribution in [3.63, 3.8) is 0 Å². The van der Waals surface area contributed by atoms with Gasteiger partial charge in [-0.1, -0.05) is 0 Å². The predicted octanol–water partition coefficient (Wildman–Crippen LogP) is 1.67. The van der Waals surface area contributed by atoms with Crippen molar-refractivity contribution < 1.29 is 23.1 Å². The number of carboxylic acid groups (broad SMARTS) is 1. The second kappa shape index (κ2) is 4.75. The van der Waals surface area contributed by atoms with Gasteiger partial charge in [-0.05, 0) is 12.5 Å². The molecule has 1 atom stereocenters. The second-order valence-corrected chi connectivity index (χ2v) is 5.06. The lowest BCUT2D eigenvalue weighted by Crippen LogP contribution is -2.29. The van der Waals surface area contributed by atoms with Gasteiger partial charge in [0.15, 0.2) is 5.65 Å². The van der Waals surface area contributed by atoms with Crippen LogP contribution in [-0.2, 0) is 6.18 Å². The highest BCUT2D eigenvalue weighted by Crippen LogP contribution is 2.30. The zero-order valence-corrected chi connectivity index (χ0v) is 11.1. The van der Waals surface area contributed by atoms with Crippen LogP contribution in [0.1, 0.15) is 18.0 Å². The Morgan fingerprint density at radius 3 is 2.77 bits per heavy atom. The van der Waals surface area contributed by atoms with E-state index in [4.69, 9.17) is 5.11 Å². The third kappa shape index (κ3) is 2.30. The second-order valence-electron chi connectivity index (χ2n) is 5.06. The van der Waals surface area contributed by atoms with E-state index in [1.54, 1.807) is 0 Å². The third-order valence-electron chi connectivity index (χ3n) is 3.68. The molecule has 3 heterocycles. The van der Waals surface area contributed by atoms with Crippen molar-refractivity contribution >= 4 is 17.3 Å². The molecule has 1 unspecified atom stereocenters. The first-order valence-electron chi connectivity index (χ1n) is 6.42. The molecule has 118 valence electrons. The summed E-state index contributed by atoms with van der Waals surface area (Å²) >= 11 is 0. The van der Waals surface area contributed by atoms with Gasteiger partial charge in [-0.3, -0.25) is 4.57 Å². The molecule has 10 heteroatoms. The monoisotopic (exact) mass is 316 g/mol. The quantitative estimate of drug-likeness (QED) is 0.837. The number of nitrogens with one attached hydrogen (secondary N) is 1. The predicted molar refractivity (Wildman–Crippen MR) is 68.6 cm³/mol. The first kappa shape index (κ1) is 14.4. The molecule has 0 spiro atoms. The van der Waals surface area contributed by atoms with Crippen molar-refractivity contribution in [1.82, 2.24) is 19.4 Å². The number of nitrogens with zero attached hydrogens (tertiary/aromatic N) is 3. The van der Waals surface area contributed by atoms with E-state index in [1.165, 1.54) is 4.57 Å². The van der Waals surface area contributed by atoms with E-state index in [9.17, 15) is 22.8 Å². The molecule has 3 rings (SSSR count). The molecule has 0 bridgehead atoms. The Labute approximate surface area is 121 Å². The van der Waals surface area contributed by atoms with Crippen molar-refractivity contribution in [2.24, 2.45) is 0 Å². The van der Waals surface area contributed by atoms with Gasteiger partial charge in [-0.15, -0.1) is 0 Å². The van der Waals surface area contributed by atoms with Crippen molar-refractivity contribution in [1.29, 1.82) is 0 Å². The molecular formula is C12H11F3N4O3. The minimum absolute atomic E-state index is 0.0198. The van der Waals surface area contributed by atoms with Crippen LogP contribution < -0.4 is 5.69 Å². The van der Waals surface area contributed by atoms with Crippen molar-refractivity contribution in [2.75, 3.05) is 13.1 Å². The molecule has 0 saturated carbocycles. The zero-order valence-electron chi connectivity index (χ0n) is 11.1. The number of rotatable bonds is 1. The zero-order chi connectivity index (χ0) is 16.1. The van der Waals surface area contributed by atoms with Crippen LogP contribution in [0.5, 0.6) is 0 Å². The van der Waals surface area contributed by atoms with Gasteiger partial charge in [-0.25, -0.2) is 14.6 Å². The van der Waals surface area contributed by atoms with Crippen molar-refractivity contribution in [3.05, 3.63) is 28.3 Å². The number of pyridine rings is 1. The van der Waals surface area contributed by atoms with Gasteiger partial charge in [-0.2, -0.15) is 13.2 Å². The Bertz CT molecular complexity index is 795. The fraction of sp³-hybridized carbons (Fsp3) is 0.417. The molecule has 2 N–H and O–H groups in total. The molecule has 0 radical (unpaired) electrons. The lowest BCUT2D eigenvalue weighted by Gasteiger charge is -2.13. The standard InChI is InChI=1S/C12H11F3N4O3/c13-12(14,15)6-3-8-9(16-4-6)19(10(20)17-8)7-1-2-18(5-7)11(21)22/h3-4,7H,1-2,5H2,(H,17,20)(H,21,22). The van der Waals surface area contributed by atoms with Gasteiger partial charge in [0.2, 0.25) is 0 Å². The molecule has 0 aliphatic carbocycles. The maximum absolute atomic E-state index is 12.7. The van der Waals surface area contributed by atoms with Crippen LogP contribution >= 0.6 is 0 Å². The summed E-state index contributed by atoms with van der Waals surface area (Å²) in [5.74, 6) is 0. The van der Waals surface area contributed by atoms with E-state index >= 15 is 0 Å². The number of halogens is 3. The van der Waals surface area contributed by atoms with Crippen LogP contribution in [0.2, 0.25) is 0 Å². The SMILES string of the molecule is O=C(O)N1CCC(n2c(=O)[nH]c3cc(C(F)(F)F)cnc32)C1. The average molecular weight is 316 g/mol. The Morgan fingerprint density at radius 1 is 1.45 bits per heavy atom. The highest BCUT2D eigenvalue weighted by atomic mass is 19.4. The first-order valence-corrected chi connectivity index (χ1v) is 6.42. The summed E-state index contributed by atoms with van der Waals surface area (Å²) < 4.78 is 39.2. The molecule has 0 aromatic carbocycles. The molecular weight excluding hydrogens is 305 g/mol. The van der Waals surface area contributed by atoms with E-state index in [1.807, 2.05) is 0 Å². The maximum atomic E-state index is 12.7. The smallest absolute Gasteiger partial charge is 0.417 e. The van der Waals surface area contributed by atoms with Crippen LogP contribution in [-0.4, -0.2) is 43.7 Å². The maximum Gasteiger partial charge on any atom is 0.417 e. The van der Waals surface area contributed by atoms with Crippen LogP contribution in [0.25, 0.3) is 11.2 Å². The summed E-state index contributed by atoms with van der Waals surface area (Å²) in [7, 11) is 0. The van der Waals surface area contributed by atoms with Crippen molar-refractivity contribution in [2.45, 2.75) is 18.6 Å². The minimum atomic E-state index is -4.55. The van der Waals surface area contributed by atoms with Gasteiger partial charge in [0, 0.05) is 19.3 Å². The summed E-state index contributed by atoms with van der Waals surface area (Å²) in [6.07, 6.45) is -4.58. The minimum Gasteiger partial charge on any atom is -0.465 e. The lowest BCUT2D eigenvalue weighted by atomic mass is 10.2. The number of hydrogen-bond acceptors (Lipinski definition) is 3. The van der Waals surface area contributed by atoms with Gasteiger partial charge < -0.3 is 15.0 Å². The summed E-state index contributed by atoms with van der Waals surface area (Å²) in [5.41, 5.74) is -1.48. The van der Waals surface area contributed by atoms with E-state index in [2.05, 4.69) is 9.97 Å². The molecule has 2 aromatic heterocycles. The number of carbonyl (C=O) groups is 1. The molecule has 1 aliphatic heterocycles. The first-order chi connectivity index (χ1) is 10.3. The number of amides is 1. The van der Waals surface area contributed by atoms with Crippen LogP contribution in [0.4, 0.5) is 18.0 Å². The fourth-order valence-corrected chi connectivity index (χ4v) is 2.63.